The van der Waals surface area contributed by atoms with E-state index in [-0.39, 0.29) is 22.5 Å². The van der Waals surface area contributed by atoms with Gasteiger partial charge < -0.3 is 0 Å². The molecule has 2 aliphatic rings. The topological polar surface area (TPSA) is 75.6 Å². The van der Waals surface area contributed by atoms with Crippen LogP contribution < -0.4 is 5.43 Å². The van der Waals surface area contributed by atoms with E-state index < -0.39 is 9.84 Å². The van der Waals surface area contributed by atoms with Gasteiger partial charge in [-0.2, -0.15) is 5.10 Å². The van der Waals surface area contributed by atoms with Crippen LogP contribution >= 0.6 is 0 Å². The number of sulfone groups is 1. The average molecular weight is 362 g/mol. The van der Waals surface area contributed by atoms with E-state index in [9.17, 15) is 13.2 Å². The van der Waals surface area contributed by atoms with Crippen LogP contribution in [0.1, 0.15) is 56.0 Å². The van der Waals surface area contributed by atoms with Gasteiger partial charge in [-0.05, 0) is 48.3 Å². The fourth-order valence-corrected chi connectivity index (χ4v) is 5.13. The molecular weight excluding hydrogens is 336 g/mol. The minimum Gasteiger partial charge on any atom is -0.267 e. The van der Waals surface area contributed by atoms with Crippen LogP contribution in [0, 0.1) is 16.7 Å². The zero-order valence-electron chi connectivity index (χ0n) is 15.3. The summed E-state index contributed by atoms with van der Waals surface area (Å²) in [6.45, 7) is 6.86. The molecule has 25 heavy (non-hydrogen) atoms. The van der Waals surface area contributed by atoms with Crippen molar-refractivity contribution in [3.8, 4) is 0 Å². The maximum atomic E-state index is 12.3. The van der Waals surface area contributed by atoms with E-state index in [1.807, 2.05) is 0 Å². The molecule has 0 aliphatic heterocycles. The average Bonchev–Trinajstić information content (AvgIpc) is 2.84. The number of carbonyl (C=O) groups is 1. The predicted molar refractivity (Wildman–Crippen MR) is 99.1 cm³/mol. The summed E-state index contributed by atoms with van der Waals surface area (Å²) in [6.07, 6.45) is 4.51. The maximum absolute atomic E-state index is 12.3. The highest BCUT2D eigenvalue weighted by molar-refractivity contribution is 7.89. The zero-order chi connectivity index (χ0) is 18.5. The van der Waals surface area contributed by atoms with Gasteiger partial charge in [0.2, 0.25) is 0 Å². The van der Waals surface area contributed by atoms with Crippen molar-refractivity contribution in [1.82, 2.24) is 5.43 Å². The summed E-state index contributed by atoms with van der Waals surface area (Å²) in [5.41, 5.74) is 5.22. The molecule has 0 heterocycles. The Hall–Kier alpha value is -1.69. The highest BCUT2D eigenvalue weighted by Gasteiger charge is 2.60. The lowest BCUT2D eigenvalue weighted by molar-refractivity contribution is 0.0954. The summed E-state index contributed by atoms with van der Waals surface area (Å²) in [5, 5.41) is 4.45. The Morgan fingerprint density at radius 3 is 2.36 bits per heavy atom. The van der Waals surface area contributed by atoms with Gasteiger partial charge in [0.15, 0.2) is 9.84 Å². The Bertz CT molecular complexity index is 825. The lowest BCUT2D eigenvalue weighted by Gasteiger charge is -2.34. The number of hydrogen-bond acceptors (Lipinski definition) is 4. The summed E-state index contributed by atoms with van der Waals surface area (Å²) in [5.74, 6) is 0.359. The highest BCUT2D eigenvalue weighted by Crippen LogP contribution is 2.63. The van der Waals surface area contributed by atoms with E-state index in [2.05, 4.69) is 31.3 Å². The third-order valence-corrected chi connectivity index (χ3v) is 7.31. The molecule has 136 valence electrons. The lowest BCUT2D eigenvalue weighted by atomic mass is 9.70. The van der Waals surface area contributed by atoms with Crippen molar-refractivity contribution in [2.45, 2.75) is 45.8 Å². The standard InChI is InChI=1S/C19H26N2O3S/c1-18(2)15-9-10-19(18,3)16(11-15)20-21-17(22)14-7-5-13(6-8-14)12-25(4,23)24/h5-8,15H,9-12H2,1-4H3,(H,21,22)/b20-16+/t15-,19-/m1/s1. The molecule has 1 aromatic rings. The molecule has 2 saturated carbocycles. The summed E-state index contributed by atoms with van der Waals surface area (Å²) in [6, 6.07) is 6.63. The third kappa shape index (κ3) is 3.24. The second-order valence-corrected chi connectivity index (χ2v) is 10.4. The van der Waals surface area contributed by atoms with Crippen LogP contribution in [0.3, 0.4) is 0 Å². The molecule has 0 aromatic heterocycles. The van der Waals surface area contributed by atoms with Crippen LogP contribution in [0.15, 0.2) is 29.4 Å². The Morgan fingerprint density at radius 1 is 1.24 bits per heavy atom. The van der Waals surface area contributed by atoms with Crippen LogP contribution in [0.25, 0.3) is 0 Å². The number of hydrogen-bond donors (Lipinski definition) is 1. The molecule has 3 rings (SSSR count). The Kier molecular flexibility index (Phi) is 4.30. The number of nitrogens with one attached hydrogen (secondary N) is 1. The van der Waals surface area contributed by atoms with Crippen LogP contribution in [-0.4, -0.2) is 26.3 Å². The second-order valence-electron chi connectivity index (χ2n) is 8.26. The van der Waals surface area contributed by atoms with Gasteiger partial charge in [0.25, 0.3) is 5.91 Å². The fraction of sp³-hybridized carbons (Fsp3) is 0.579. The summed E-state index contributed by atoms with van der Waals surface area (Å²) in [7, 11) is -3.08. The van der Waals surface area contributed by atoms with Crippen molar-refractivity contribution in [2.75, 3.05) is 6.26 Å². The summed E-state index contributed by atoms with van der Waals surface area (Å²) < 4.78 is 22.6. The molecule has 6 heteroatoms. The van der Waals surface area contributed by atoms with Crippen LogP contribution in [0.2, 0.25) is 0 Å². The van der Waals surface area contributed by atoms with E-state index >= 15 is 0 Å². The van der Waals surface area contributed by atoms with Gasteiger partial charge in [-0.15, -0.1) is 0 Å². The number of rotatable bonds is 4. The molecule has 0 spiro atoms. The van der Waals surface area contributed by atoms with Crippen LogP contribution in [0.5, 0.6) is 0 Å². The van der Waals surface area contributed by atoms with Gasteiger partial charge in [0.05, 0.1) is 5.75 Å². The number of hydrazone groups is 1. The smallest absolute Gasteiger partial charge is 0.267 e. The normalized spacial score (nSPS) is 29.1. The van der Waals surface area contributed by atoms with Gasteiger partial charge in [-0.1, -0.05) is 32.9 Å². The summed E-state index contributed by atoms with van der Waals surface area (Å²) >= 11 is 0. The van der Waals surface area contributed by atoms with E-state index in [1.54, 1.807) is 24.3 Å². The number of benzene rings is 1. The summed E-state index contributed by atoms with van der Waals surface area (Å²) in [4.78, 5) is 12.3. The van der Waals surface area contributed by atoms with Gasteiger partial charge in [0.1, 0.15) is 0 Å². The first kappa shape index (κ1) is 18.1. The van der Waals surface area contributed by atoms with Crippen LogP contribution in [-0.2, 0) is 15.6 Å². The van der Waals surface area contributed by atoms with Crippen molar-refractivity contribution < 1.29 is 13.2 Å². The van der Waals surface area contributed by atoms with Crippen molar-refractivity contribution in [3.05, 3.63) is 35.4 Å². The van der Waals surface area contributed by atoms with Crippen LogP contribution in [0.4, 0.5) is 0 Å². The molecule has 1 N–H and O–H groups in total. The van der Waals surface area contributed by atoms with E-state index in [1.165, 1.54) is 12.7 Å². The number of nitrogens with zero attached hydrogens (tertiary/aromatic N) is 1. The Labute approximate surface area is 149 Å². The number of fused-ring (bicyclic) bond motifs is 2. The first-order valence-corrected chi connectivity index (χ1v) is 10.7. The largest absolute Gasteiger partial charge is 0.271 e. The van der Waals surface area contributed by atoms with Crippen molar-refractivity contribution >= 4 is 21.5 Å². The van der Waals surface area contributed by atoms with Crippen molar-refractivity contribution in [2.24, 2.45) is 21.8 Å². The SMILES string of the molecule is CC1(C)[C@@H]2CC[C@]1(C)/C(=N/NC(=O)c1ccc(CS(C)(=O)=O)cc1)C2. The molecule has 2 fully saturated rings. The van der Waals surface area contributed by atoms with Gasteiger partial charge in [-0.25, -0.2) is 13.8 Å². The lowest BCUT2D eigenvalue weighted by Crippen LogP contribution is -2.34. The second kappa shape index (κ2) is 5.94. The molecule has 2 bridgehead atoms. The molecule has 2 atom stereocenters. The first-order chi connectivity index (χ1) is 11.5. The molecule has 2 aliphatic carbocycles. The molecule has 0 unspecified atom stereocenters. The predicted octanol–water partition coefficient (Wildman–Crippen LogP) is 3.16. The quantitative estimate of drug-likeness (QED) is 0.836. The zero-order valence-corrected chi connectivity index (χ0v) is 16.1. The fourth-order valence-electron chi connectivity index (χ4n) is 4.34. The third-order valence-electron chi connectivity index (χ3n) is 6.45. The van der Waals surface area contributed by atoms with Crippen molar-refractivity contribution in [1.29, 1.82) is 0 Å². The van der Waals surface area contributed by atoms with E-state index in [4.69, 9.17) is 0 Å². The van der Waals surface area contributed by atoms with Crippen molar-refractivity contribution in [3.63, 3.8) is 0 Å². The molecule has 5 nitrogen and oxygen atoms in total. The monoisotopic (exact) mass is 362 g/mol. The highest BCUT2D eigenvalue weighted by atomic mass is 32.2. The number of amides is 1. The molecule has 1 amide bonds. The molecule has 1 aromatic carbocycles. The molecule has 0 radical (unpaired) electrons. The van der Waals surface area contributed by atoms with Gasteiger partial charge in [0, 0.05) is 22.9 Å². The molecular formula is C19H26N2O3S. The maximum Gasteiger partial charge on any atom is 0.271 e. The Balaban J connectivity index is 1.69. The van der Waals surface area contributed by atoms with E-state index in [0.29, 0.717) is 17.0 Å². The van der Waals surface area contributed by atoms with Gasteiger partial charge >= 0.3 is 0 Å². The van der Waals surface area contributed by atoms with E-state index in [0.717, 1.165) is 18.6 Å². The minimum absolute atomic E-state index is 0.0218. The first-order valence-electron chi connectivity index (χ1n) is 8.67. The molecule has 0 saturated heterocycles. The number of carbonyl (C=O) groups excluding carboxylic acids is 1. The minimum atomic E-state index is -3.08. The van der Waals surface area contributed by atoms with Gasteiger partial charge in [-0.3, -0.25) is 4.79 Å². The Morgan fingerprint density at radius 2 is 1.88 bits per heavy atom.